The van der Waals surface area contributed by atoms with Crippen molar-refractivity contribution < 1.29 is 9.53 Å². The number of imidazole rings is 1. The van der Waals surface area contributed by atoms with E-state index in [-0.39, 0.29) is 17.8 Å². The number of nitrogens with zero attached hydrogens (tertiary/aromatic N) is 1. The van der Waals surface area contributed by atoms with E-state index in [1.165, 1.54) is 7.11 Å². The fourth-order valence-electron chi connectivity index (χ4n) is 2.03. The van der Waals surface area contributed by atoms with E-state index >= 15 is 0 Å². The zero-order chi connectivity index (χ0) is 13.2. The minimum Gasteiger partial charge on any atom is -0.468 e. The van der Waals surface area contributed by atoms with E-state index in [9.17, 15) is 4.79 Å². The summed E-state index contributed by atoms with van der Waals surface area (Å²) in [5.74, 6) is 0.682. The van der Waals surface area contributed by atoms with E-state index in [1.54, 1.807) is 0 Å². The molecule has 4 nitrogen and oxygen atoms in total. The molecule has 0 saturated heterocycles. The Morgan fingerprint density at radius 3 is 2.24 bits per heavy atom. The zero-order valence-corrected chi connectivity index (χ0v) is 11.5. The Hall–Kier alpha value is -1.32. The van der Waals surface area contributed by atoms with E-state index in [1.807, 2.05) is 20.8 Å². The number of aromatic amines is 1. The van der Waals surface area contributed by atoms with Gasteiger partial charge in [0.05, 0.1) is 12.8 Å². The number of carbonyl (C=O) groups is 1. The summed E-state index contributed by atoms with van der Waals surface area (Å²) in [5.41, 5.74) is 2.05. The second-order valence-electron chi connectivity index (χ2n) is 5.03. The normalized spacial score (nSPS) is 13.2. The molecule has 1 N–H and O–H groups in total. The molecule has 1 aromatic heterocycles. The molecule has 1 rings (SSSR count). The molecule has 0 spiro atoms. The number of hydrogen-bond donors (Lipinski definition) is 1. The number of esters is 1. The fraction of sp³-hybridized carbons (Fsp3) is 0.692. The molecule has 96 valence electrons. The summed E-state index contributed by atoms with van der Waals surface area (Å²) in [6.07, 6.45) is 0. The van der Waals surface area contributed by atoms with Crippen LogP contribution in [0.5, 0.6) is 0 Å². The van der Waals surface area contributed by atoms with Crippen LogP contribution in [-0.4, -0.2) is 23.0 Å². The molecule has 0 bridgehead atoms. The number of nitrogens with one attached hydrogen (secondary N) is 1. The van der Waals surface area contributed by atoms with Crippen LogP contribution >= 0.6 is 0 Å². The van der Waals surface area contributed by atoms with Gasteiger partial charge >= 0.3 is 5.97 Å². The number of carbonyl (C=O) groups excluding carboxylic acids is 1. The Morgan fingerprint density at radius 2 is 1.88 bits per heavy atom. The van der Waals surface area contributed by atoms with Crippen molar-refractivity contribution in [1.29, 1.82) is 0 Å². The average Bonchev–Trinajstić information content (AvgIpc) is 2.59. The number of rotatable bonds is 4. The van der Waals surface area contributed by atoms with Gasteiger partial charge in [-0.05, 0) is 18.8 Å². The maximum atomic E-state index is 11.8. The van der Waals surface area contributed by atoms with Crippen LogP contribution in [0.25, 0.3) is 0 Å². The molecular formula is C13H22N2O2. The van der Waals surface area contributed by atoms with Crippen molar-refractivity contribution in [2.24, 2.45) is 5.92 Å². The zero-order valence-electron chi connectivity index (χ0n) is 11.5. The maximum absolute atomic E-state index is 11.8. The molecular weight excluding hydrogens is 216 g/mol. The predicted octanol–water partition coefficient (Wildman–Crippen LogP) is 2.75. The van der Waals surface area contributed by atoms with Crippen LogP contribution in [0.4, 0.5) is 0 Å². The minimum absolute atomic E-state index is 0.160. The first-order valence-electron chi connectivity index (χ1n) is 6.02. The molecule has 0 fully saturated rings. The molecule has 0 aromatic carbocycles. The average molecular weight is 238 g/mol. The Kier molecular flexibility index (Phi) is 4.32. The predicted molar refractivity (Wildman–Crippen MR) is 67.0 cm³/mol. The SMILES string of the molecule is COC(=O)C(c1nc(C(C)C)c(C)[nH]1)C(C)C. The third kappa shape index (κ3) is 2.87. The van der Waals surface area contributed by atoms with E-state index in [0.717, 1.165) is 11.4 Å². The van der Waals surface area contributed by atoms with Gasteiger partial charge in [-0.2, -0.15) is 0 Å². The summed E-state index contributed by atoms with van der Waals surface area (Å²) < 4.78 is 4.84. The smallest absolute Gasteiger partial charge is 0.316 e. The lowest BCUT2D eigenvalue weighted by Crippen LogP contribution is -2.21. The van der Waals surface area contributed by atoms with Gasteiger partial charge in [-0.1, -0.05) is 27.7 Å². The third-order valence-electron chi connectivity index (χ3n) is 2.90. The van der Waals surface area contributed by atoms with Gasteiger partial charge in [-0.15, -0.1) is 0 Å². The van der Waals surface area contributed by atoms with Crippen molar-refractivity contribution >= 4 is 5.97 Å². The monoisotopic (exact) mass is 238 g/mol. The lowest BCUT2D eigenvalue weighted by atomic mass is 9.95. The van der Waals surface area contributed by atoms with Crippen LogP contribution < -0.4 is 0 Å². The van der Waals surface area contributed by atoms with Gasteiger partial charge in [-0.3, -0.25) is 4.79 Å². The van der Waals surface area contributed by atoms with Crippen LogP contribution in [0.1, 0.15) is 56.7 Å². The van der Waals surface area contributed by atoms with Crippen LogP contribution in [0.15, 0.2) is 0 Å². The highest BCUT2D eigenvalue weighted by atomic mass is 16.5. The third-order valence-corrected chi connectivity index (χ3v) is 2.90. The summed E-state index contributed by atoms with van der Waals surface area (Å²) in [5, 5.41) is 0. The number of aromatic nitrogens is 2. The van der Waals surface area contributed by atoms with Crippen molar-refractivity contribution in [3.63, 3.8) is 0 Å². The molecule has 1 heterocycles. The second-order valence-corrected chi connectivity index (χ2v) is 5.03. The Labute approximate surface area is 103 Å². The first-order chi connectivity index (χ1) is 7.88. The van der Waals surface area contributed by atoms with Gasteiger partial charge in [0.25, 0.3) is 0 Å². The Balaban J connectivity index is 3.12. The fourth-order valence-corrected chi connectivity index (χ4v) is 2.03. The van der Waals surface area contributed by atoms with E-state index < -0.39 is 0 Å². The van der Waals surface area contributed by atoms with E-state index in [2.05, 4.69) is 23.8 Å². The largest absolute Gasteiger partial charge is 0.468 e. The molecule has 4 heteroatoms. The van der Waals surface area contributed by atoms with Crippen molar-refractivity contribution in [3.05, 3.63) is 17.2 Å². The van der Waals surface area contributed by atoms with Crippen LogP contribution in [0, 0.1) is 12.8 Å². The van der Waals surface area contributed by atoms with Crippen LogP contribution in [0.2, 0.25) is 0 Å². The second kappa shape index (κ2) is 5.34. The standard InChI is InChI=1S/C13H22N2O2/c1-7(2)10(13(16)17-6)12-14-9(5)11(15-12)8(3)4/h7-8,10H,1-6H3,(H,14,15). The van der Waals surface area contributed by atoms with Crippen LogP contribution in [-0.2, 0) is 9.53 Å². The molecule has 1 unspecified atom stereocenters. The van der Waals surface area contributed by atoms with E-state index in [4.69, 9.17) is 4.74 Å². The minimum atomic E-state index is -0.314. The summed E-state index contributed by atoms with van der Waals surface area (Å²) in [7, 11) is 1.41. The van der Waals surface area contributed by atoms with Crippen molar-refractivity contribution in [2.45, 2.75) is 46.5 Å². The van der Waals surface area contributed by atoms with Crippen molar-refractivity contribution in [3.8, 4) is 0 Å². The summed E-state index contributed by atoms with van der Waals surface area (Å²) in [6.45, 7) is 10.2. The van der Waals surface area contributed by atoms with Crippen molar-refractivity contribution in [2.75, 3.05) is 7.11 Å². The summed E-state index contributed by atoms with van der Waals surface area (Å²) in [6, 6.07) is 0. The molecule has 0 amide bonds. The molecule has 17 heavy (non-hydrogen) atoms. The maximum Gasteiger partial charge on any atom is 0.316 e. The summed E-state index contributed by atoms with van der Waals surface area (Å²) >= 11 is 0. The number of aryl methyl sites for hydroxylation is 1. The lowest BCUT2D eigenvalue weighted by Gasteiger charge is -2.15. The van der Waals surface area contributed by atoms with Gasteiger partial charge in [-0.25, -0.2) is 4.98 Å². The Bertz CT molecular complexity index is 394. The highest BCUT2D eigenvalue weighted by molar-refractivity contribution is 5.77. The first kappa shape index (κ1) is 13.7. The summed E-state index contributed by atoms with van der Waals surface area (Å²) in [4.78, 5) is 19.5. The van der Waals surface area contributed by atoms with Crippen LogP contribution in [0.3, 0.4) is 0 Å². The number of ether oxygens (including phenoxy) is 1. The van der Waals surface area contributed by atoms with E-state index in [0.29, 0.717) is 11.7 Å². The topological polar surface area (TPSA) is 55.0 Å². The first-order valence-corrected chi connectivity index (χ1v) is 6.02. The molecule has 1 aromatic rings. The number of H-pyrrole nitrogens is 1. The number of methoxy groups -OCH3 is 1. The lowest BCUT2D eigenvalue weighted by molar-refractivity contribution is -0.143. The molecule has 1 atom stereocenters. The van der Waals surface area contributed by atoms with Gasteiger partial charge in [0.15, 0.2) is 0 Å². The molecule has 0 aliphatic heterocycles. The van der Waals surface area contributed by atoms with Gasteiger partial charge < -0.3 is 9.72 Å². The highest BCUT2D eigenvalue weighted by Gasteiger charge is 2.29. The highest BCUT2D eigenvalue weighted by Crippen LogP contribution is 2.26. The van der Waals surface area contributed by atoms with Gasteiger partial charge in [0, 0.05) is 5.69 Å². The molecule has 0 saturated carbocycles. The molecule has 0 radical (unpaired) electrons. The van der Waals surface area contributed by atoms with Crippen molar-refractivity contribution in [1.82, 2.24) is 9.97 Å². The quantitative estimate of drug-likeness (QED) is 0.821. The Morgan fingerprint density at radius 1 is 1.29 bits per heavy atom. The molecule has 0 aliphatic rings. The number of hydrogen-bond acceptors (Lipinski definition) is 3. The molecule has 0 aliphatic carbocycles. The van der Waals surface area contributed by atoms with Gasteiger partial charge in [0.1, 0.15) is 11.7 Å². The van der Waals surface area contributed by atoms with Gasteiger partial charge in [0.2, 0.25) is 0 Å².